The molecule has 0 radical (unpaired) electrons. The number of amides is 1. The lowest BCUT2D eigenvalue weighted by atomic mass is 10.1. The number of carbonyl (C=O) groups excluding carboxylic acids is 1. The van der Waals surface area contributed by atoms with Gasteiger partial charge in [0.05, 0.1) is 48.9 Å². The van der Waals surface area contributed by atoms with Crippen LogP contribution in [0.15, 0.2) is 29.5 Å². The van der Waals surface area contributed by atoms with E-state index in [0.29, 0.717) is 37.1 Å². The summed E-state index contributed by atoms with van der Waals surface area (Å²) in [5.41, 5.74) is 6.20. The molecule has 1 atom stereocenters. The third-order valence-corrected chi connectivity index (χ3v) is 6.49. The van der Waals surface area contributed by atoms with Gasteiger partial charge >= 0.3 is 0 Å². The van der Waals surface area contributed by atoms with Gasteiger partial charge in [-0.1, -0.05) is 0 Å². The second kappa shape index (κ2) is 8.70. The Morgan fingerprint density at radius 3 is 2.88 bits per heavy atom. The Hall–Kier alpha value is -3.27. The molecule has 3 aromatic heterocycles. The van der Waals surface area contributed by atoms with Gasteiger partial charge in [0.2, 0.25) is 11.8 Å². The summed E-state index contributed by atoms with van der Waals surface area (Å²) in [6, 6.07) is 2.08. The van der Waals surface area contributed by atoms with Crippen molar-refractivity contribution < 1.29 is 14.3 Å². The predicted molar refractivity (Wildman–Crippen MR) is 119 cm³/mol. The third-order valence-electron chi connectivity index (χ3n) is 5.90. The second-order valence-corrected chi connectivity index (χ2v) is 8.67. The molecule has 1 saturated heterocycles. The fourth-order valence-corrected chi connectivity index (χ4v) is 4.74. The molecule has 2 aliphatic rings. The molecule has 3 aromatic rings. The predicted octanol–water partition coefficient (Wildman–Crippen LogP) is 2.50. The fourth-order valence-electron chi connectivity index (χ4n) is 4.22. The van der Waals surface area contributed by atoms with E-state index in [0.717, 1.165) is 41.9 Å². The van der Waals surface area contributed by atoms with Crippen LogP contribution < -0.4 is 14.4 Å². The van der Waals surface area contributed by atoms with Crippen molar-refractivity contribution in [2.24, 2.45) is 0 Å². The van der Waals surface area contributed by atoms with E-state index in [-0.39, 0.29) is 12.0 Å². The number of fused-ring (bicyclic) bond motifs is 1. The van der Waals surface area contributed by atoms with Gasteiger partial charge in [0.1, 0.15) is 18.1 Å². The molecular weight excluding hydrogens is 428 g/mol. The van der Waals surface area contributed by atoms with E-state index in [1.165, 1.54) is 11.3 Å². The van der Waals surface area contributed by atoms with E-state index in [4.69, 9.17) is 9.47 Å². The van der Waals surface area contributed by atoms with Gasteiger partial charge < -0.3 is 19.3 Å². The Balaban J connectivity index is 1.30. The molecule has 32 heavy (non-hydrogen) atoms. The van der Waals surface area contributed by atoms with Gasteiger partial charge in [-0.25, -0.2) is 19.9 Å². The highest BCUT2D eigenvalue weighted by atomic mass is 32.1. The number of pyridine rings is 1. The van der Waals surface area contributed by atoms with Gasteiger partial charge in [0.25, 0.3) is 5.91 Å². The minimum atomic E-state index is -0.100. The number of anilines is 1. The van der Waals surface area contributed by atoms with Crippen LogP contribution in [0.1, 0.15) is 33.7 Å². The fraction of sp³-hybridized carbons (Fsp3) is 0.409. The molecule has 5 rings (SSSR count). The van der Waals surface area contributed by atoms with Crippen LogP contribution in [0.2, 0.25) is 0 Å². The Kier molecular flexibility index (Phi) is 5.60. The summed E-state index contributed by atoms with van der Waals surface area (Å²) >= 11 is 1.42. The molecular formula is C22H24N6O3S. The lowest BCUT2D eigenvalue weighted by Gasteiger charge is -2.31. The van der Waals surface area contributed by atoms with E-state index in [1.54, 1.807) is 29.2 Å². The molecule has 9 nitrogen and oxygen atoms in total. The normalized spacial score (nSPS) is 17.9. The van der Waals surface area contributed by atoms with Crippen LogP contribution in [0.3, 0.4) is 0 Å². The van der Waals surface area contributed by atoms with E-state index < -0.39 is 0 Å². The average Bonchev–Trinajstić information content (AvgIpc) is 3.51. The molecule has 2 aliphatic heterocycles. The summed E-state index contributed by atoms with van der Waals surface area (Å²) in [5, 5.41) is 1.78. The van der Waals surface area contributed by atoms with E-state index in [9.17, 15) is 4.79 Å². The summed E-state index contributed by atoms with van der Waals surface area (Å²) in [7, 11) is 1.63. The van der Waals surface area contributed by atoms with Crippen molar-refractivity contribution in [1.29, 1.82) is 0 Å². The number of likely N-dealkylation sites (tertiary alicyclic amines) is 1. The average molecular weight is 453 g/mol. The van der Waals surface area contributed by atoms with Gasteiger partial charge in [0, 0.05) is 36.9 Å². The Labute approximate surface area is 190 Å². The smallest absolute Gasteiger partial charge is 0.273 e. The Bertz CT molecular complexity index is 1120. The minimum absolute atomic E-state index is 0.0457. The number of nitrogens with zero attached hydrogens (tertiary/aromatic N) is 6. The highest BCUT2D eigenvalue weighted by molar-refractivity contribution is 7.07. The number of hydrogen-bond acceptors (Lipinski definition) is 9. The van der Waals surface area contributed by atoms with Crippen molar-refractivity contribution in [2.75, 3.05) is 31.6 Å². The monoisotopic (exact) mass is 452 g/mol. The van der Waals surface area contributed by atoms with E-state index >= 15 is 0 Å². The molecule has 0 N–H and O–H groups in total. The zero-order valence-electron chi connectivity index (χ0n) is 18.0. The van der Waals surface area contributed by atoms with Crippen LogP contribution in [0, 0.1) is 6.92 Å². The van der Waals surface area contributed by atoms with Gasteiger partial charge in [0.15, 0.2) is 0 Å². The Morgan fingerprint density at radius 1 is 1.19 bits per heavy atom. The molecule has 10 heteroatoms. The van der Waals surface area contributed by atoms with Crippen molar-refractivity contribution in [2.45, 2.75) is 32.4 Å². The van der Waals surface area contributed by atoms with Crippen molar-refractivity contribution in [3.8, 4) is 11.8 Å². The van der Waals surface area contributed by atoms with Gasteiger partial charge in [-0.3, -0.25) is 4.79 Å². The Morgan fingerprint density at radius 2 is 2.09 bits per heavy atom. The first kappa shape index (κ1) is 20.6. The van der Waals surface area contributed by atoms with Crippen LogP contribution in [0.25, 0.3) is 0 Å². The zero-order chi connectivity index (χ0) is 22.1. The molecule has 0 saturated carbocycles. The lowest BCUT2D eigenvalue weighted by Crippen LogP contribution is -2.33. The van der Waals surface area contributed by atoms with E-state index in [1.807, 2.05) is 13.1 Å². The first-order chi connectivity index (χ1) is 15.6. The van der Waals surface area contributed by atoms with Crippen LogP contribution in [-0.4, -0.2) is 63.6 Å². The SMILES string of the molecule is COc1ncc(N2CCc3ncnc(O[C@H]4CCN(C(=O)c5cscn5)C4)c3C2)cc1C. The highest BCUT2D eigenvalue weighted by Crippen LogP contribution is 2.31. The number of ether oxygens (including phenoxy) is 2. The van der Waals surface area contributed by atoms with Crippen LogP contribution in [0.5, 0.6) is 11.8 Å². The molecule has 1 amide bonds. The molecule has 0 spiro atoms. The first-order valence-corrected chi connectivity index (χ1v) is 11.5. The quantitative estimate of drug-likeness (QED) is 0.583. The largest absolute Gasteiger partial charge is 0.481 e. The van der Waals surface area contributed by atoms with Gasteiger partial charge in [-0.05, 0) is 13.0 Å². The highest BCUT2D eigenvalue weighted by Gasteiger charge is 2.31. The maximum atomic E-state index is 12.6. The van der Waals surface area contributed by atoms with Crippen molar-refractivity contribution in [3.05, 3.63) is 52.0 Å². The summed E-state index contributed by atoms with van der Waals surface area (Å²) in [6.07, 6.45) is 4.87. The summed E-state index contributed by atoms with van der Waals surface area (Å²) in [6.45, 7) is 4.66. The molecule has 1 fully saturated rings. The van der Waals surface area contributed by atoms with Gasteiger partial charge in [-0.2, -0.15) is 0 Å². The molecule has 0 unspecified atom stereocenters. The minimum Gasteiger partial charge on any atom is -0.481 e. The third kappa shape index (κ3) is 3.97. The molecule has 0 bridgehead atoms. The number of methoxy groups -OCH3 is 1. The number of thiazole rings is 1. The summed E-state index contributed by atoms with van der Waals surface area (Å²) < 4.78 is 11.6. The standard InChI is InChI=1S/C22H24N6O3S/c1-14-7-15(8-23-20(14)30-2)27-6-4-18-17(10-27)21(25-12-24-18)31-16-3-5-28(9-16)22(29)19-11-32-13-26-19/h7-8,11-13,16H,3-6,9-10H2,1-2H3/t16-/m0/s1. The number of aromatic nitrogens is 4. The van der Waals surface area contributed by atoms with Gasteiger partial charge in [-0.15, -0.1) is 11.3 Å². The number of carbonyl (C=O) groups is 1. The molecule has 0 aliphatic carbocycles. The van der Waals surface area contributed by atoms with Crippen molar-refractivity contribution in [3.63, 3.8) is 0 Å². The number of hydrogen-bond donors (Lipinski definition) is 0. The summed E-state index contributed by atoms with van der Waals surface area (Å²) in [4.78, 5) is 34.1. The maximum absolute atomic E-state index is 12.6. The topological polar surface area (TPSA) is 93.6 Å². The molecule has 5 heterocycles. The van der Waals surface area contributed by atoms with Crippen LogP contribution >= 0.6 is 11.3 Å². The number of rotatable bonds is 5. The molecule has 0 aromatic carbocycles. The van der Waals surface area contributed by atoms with Crippen molar-refractivity contribution >= 4 is 22.9 Å². The molecule has 166 valence electrons. The maximum Gasteiger partial charge on any atom is 0.273 e. The van der Waals surface area contributed by atoms with Crippen molar-refractivity contribution in [1.82, 2.24) is 24.8 Å². The summed E-state index contributed by atoms with van der Waals surface area (Å²) in [5.74, 6) is 1.19. The number of aryl methyl sites for hydroxylation is 1. The van der Waals surface area contributed by atoms with Crippen LogP contribution in [-0.2, 0) is 13.0 Å². The van der Waals surface area contributed by atoms with Crippen LogP contribution in [0.4, 0.5) is 5.69 Å². The second-order valence-electron chi connectivity index (χ2n) is 7.95. The zero-order valence-corrected chi connectivity index (χ0v) is 18.8. The first-order valence-electron chi connectivity index (χ1n) is 10.5. The van der Waals surface area contributed by atoms with E-state index in [2.05, 4.69) is 30.9 Å². The lowest BCUT2D eigenvalue weighted by molar-refractivity contribution is 0.0766.